The molecule has 1 fully saturated rings. The van der Waals surface area contributed by atoms with Gasteiger partial charge in [0.15, 0.2) is 0 Å². The topological polar surface area (TPSA) is 69.3 Å². The van der Waals surface area contributed by atoms with Crippen molar-refractivity contribution in [1.82, 2.24) is 19.4 Å². The average Bonchev–Trinajstić information content (AvgIpc) is 3.33. The van der Waals surface area contributed by atoms with E-state index in [1.165, 1.54) is 17.7 Å². The van der Waals surface area contributed by atoms with Crippen LogP contribution in [-0.2, 0) is 16.4 Å². The number of rotatable bonds is 7. The lowest BCUT2D eigenvalue weighted by Gasteiger charge is -2.53. The van der Waals surface area contributed by atoms with Gasteiger partial charge in [-0.3, -0.25) is 10.00 Å². The Labute approximate surface area is 206 Å². The Bertz CT molecular complexity index is 1320. The molecule has 184 valence electrons. The van der Waals surface area contributed by atoms with Crippen molar-refractivity contribution in [2.45, 2.75) is 37.6 Å². The van der Waals surface area contributed by atoms with Gasteiger partial charge in [0.2, 0.25) is 10.0 Å². The molecular formula is C27H31FN4O2S. The number of H-pyrrole nitrogens is 1. The number of benzene rings is 2. The van der Waals surface area contributed by atoms with E-state index < -0.39 is 15.4 Å². The molecule has 1 aliphatic heterocycles. The van der Waals surface area contributed by atoms with Gasteiger partial charge in [-0.2, -0.15) is 9.40 Å². The van der Waals surface area contributed by atoms with E-state index in [9.17, 15) is 12.8 Å². The van der Waals surface area contributed by atoms with Gasteiger partial charge in [-0.05, 0) is 67.4 Å². The smallest absolute Gasteiger partial charge is 0.243 e. The lowest BCUT2D eigenvalue weighted by atomic mass is 9.62. The highest BCUT2D eigenvalue weighted by atomic mass is 32.2. The van der Waals surface area contributed by atoms with Gasteiger partial charge in [0.1, 0.15) is 5.82 Å². The second-order valence-electron chi connectivity index (χ2n) is 9.39. The Morgan fingerprint density at radius 3 is 2.51 bits per heavy atom. The first-order chi connectivity index (χ1) is 16.9. The molecule has 0 amide bonds. The highest BCUT2D eigenvalue weighted by Crippen LogP contribution is 2.53. The minimum Gasteiger partial charge on any atom is -0.296 e. The van der Waals surface area contributed by atoms with Gasteiger partial charge >= 0.3 is 0 Å². The first-order valence-corrected chi connectivity index (χ1v) is 13.6. The summed E-state index contributed by atoms with van der Waals surface area (Å²) in [7, 11) is -3.67. The largest absolute Gasteiger partial charge is 0.296 e. The molecular weight excluding hydrogens is 463 g/mol. The molecule has 1 unspecified atom stereocenters. The monoisotopic (exact) mass is 494 g/mol. The number of hydrogen-bond donors (Lipinski definition) is 1. The zero-order chi connectivity index (χ0) is 24.6. The van der Waals surface area contributed by atoms with E-state index in [0.717, 1.165) is 29.9 Å². The number of halogens is 1. The molecule has 0 radical (unpaired) electrons. The lowest BCUT2D eigenvalue weighted by Crippen LogP contribution is -2.55. The molecule has 0 bridgehead atoms. The summed E-state index contributed by atoms with van der Waals surface area (Å²) in [6.45, 7) is 6.58. The number of aromatic amines is 1. The van der Waals surface area contributed by atoms with Crippen LogP contribution in [0.5, 0.6) is 0 Å². The molecule has 1 aliphatic carbocycles. The van der Waals surface area contributed by atoms with Crippen LogP contribution >= 0.6 is 0 Å². The molecule has 8 heteroatoms. The molecule has 2 heterocycles. The van der Waals surface area contributed by atoms with Crippen molar-refractivity contribution in [1.29, 1.82) is 0 Å². The number of piperidine rings is 1. The Hall–Kier alpha value is -2.81. The van der Waals surface area contributed by atoms with Crippen molar-refractivity contribution >= 4 is 16.1 Å². The van der Waals surface area contributed by atoms with Gasteiger partial charge in [0, 0.05) is 24.5 Å². The van der Waals surface area contributed by atoms with Crippen LogP contribution in [0.4, 0.5) is 4.39 Å². The standard InChI is InChI=1S/C27H31FN4O2S/c1-3-31(4-2)26(20-10-12-23(28)13-11-20)27-17-21-18-29-30-25(21)16-22(27)14-15-32(19-27)35(33,34)24-8-6-5-7-9-24/h5-13,16,18,26H,3-4,14-15,17,19H2,1-2H3,(H,29,30)/t26?,27-/m1/s1. The van der Waals surface area contributed by atoms with E-state index in [-0.39, 0.29) is 11.9 Å². The SMILES string of the molecule is CCN(CC)C(c1ccc(F)cc1)[C@@]12Cc3cn[nH]c3C=C1CCN(S(=O)(=O)c1ccccc1)C2. The molecule has 1 saturated heterocycles. The normalized spacial score (nSPS) is 21.3. The summed E-state index contributed by atoms with van der Waals surface area (Å²) >= 11 is 0. The molecule has 2 aliphatic rings. The maximum absolute atomic E-state index is 13.9. The average molecular weight is 495 g/mol. The van der Waals surface area contributed by atoms with Gasteiger partial charge in [0.05, 0.1) is 16.8 Å². The first-order valence-electron chi connectivity index (χ1n) is 12.2. The minimum absolute atomic E-state index is 0.124. The number of fused-ring (bicyclic) bond motifs is 2. The van der Waals surface area contributed by atoms with Crippen molar-refractivity contribution in [2.75, 3.05) is 26.2 Å². The van der Waals surface area contributed by atoms with Crippen LogP contribution in [0.1, 0.15) is 43.1 Å². The van der Waals surface area contributed by atoms with E-state index in [1.54, 1.807) is 28.6 Å². The van der Waals surface area contributed by atoms with Gasteiger partial charge < -0.3 is 0 Å². The lowest BCUT2D eigenvalue weighted by molar-refractivity contribution is 0.0614. The van der Waals surface area contributed by atoms with Crippen molar-refractivity contribution in [2.24, 2.45) is 5.41 Å². The first kappa shape index (κ1) is 23.9. The van der Waals surface area contributed by atoms with Crippen LogP contribution in [0.15, 0.2) is 71.3 Å². The highest BCUT2D eigenvalue weighted by molar-refractivity contribution is 7.89. The predicted octanol–water partition coefficient (Wildman–Crippen LogP) is 4.65. The van der Waals surface area contributed by atoms with E-state index in [2.05, 4.69) is 35.0 Å². The van der Waals surface area contributed by atoms with Crippen molar-refractivity contribution in [3.8, 4) is 0 Å². The van der Waals surface area contributed by atoms with Gasteiger partial charge in [-0.1, -0.05) is 49.8 Å². The molecule has 35 heavy (non-hydrogen) atoms. The summed E-state index contributed by atoms with van der Waals surface area (Å²) in [6.07, 6.45) is 5.30. The summed E-state index contributed by atoms with van der Waals surface area (Å²) in [4.78, 5) is 2.67. The number of nitrogens with one attached hydrogen (secondary N) is 1. The number of sulfonamides is 1. The summed E-state index contributed by atoms with van der Waals surface area (Å²) in [6, 6.07) is 15.2. The zero-order valence-electron chi connectivity index (χ0n) is 20.1. The Balaban J connectivity index is 1.67. The zero-order valence-corrected chi connectivity index (χ0v) is 20.9. The van der Waals surface area contributed by atoms with Crippen LogP contribution in [-0.4, -0.2) is 54.0 Å². The van der Waals surface area contributed by atoms with Crippen molar-refractivity contribution in [3.63, 3.8) is 0 Å². The van der Waals surface area contributed by atoms with E-state index in [1.807, 2.05) is 24.4 Å². The van der Waals surface area contributed by atoms with E-state index in [4.69, 9.17) is 0 Å². The van der Waals surface area contributed by atoms with Gasteiger partial charge in [-0.25, -0.2) is 12.8 Å². The Kier molecular flexibility index (Phi) is 6.38. The second-order valence-corrected chi connectivity index (χ2v) is 11.3. The maximum atomic E-state index is 13.9. The fraction of sp³-hybridized carbons (Fsp3) is 0.370. The molecule has 1 N–H and O–H groups in total. The second kappa shape index (κ2) is 9.33. The summed E-state index contributed by atoms with van der Waals surface area (Å²) in [5.41, 5.74) is 3.77. The Morgan fingerprint density at radius 1 is 1.11 bits per heavy atom. The number of nitrogens with zero attached hydrogens (tertiary/aromatic N) is 3. The maximum Gasteiger partial charge on any atom is 0.243 e. The predicted molar refractivity (Wildman–Crippen MR) is 135 cm³/mol. The molecule has 5 rings (SSSR count). The van der Waals surface area contributed by atoms with E-state index >= 15 is 0 Å². The third kappa shape index (κ3) is 4.13. The molecule has 0 spiro atoms. The number of hydrogen-bond acceptors (Lipinski definition) is 4. The van der Waals surface area contributed by atoms with Crippen LogP contribution < -0.4 is 0 Å². The summed E-state index contributed by atoms with van der Waals surface area (Å²) in [5, 5.41) is 7.37. The van der Waals surface area contributed by atoms with Crippen LogP contribution in [0.3, 0.4) is 0 Å². The van der Waals surface area contributed by atoms with Crippen LogP contribution in [0.2, 0.25) is 0 Å². The molecule has 2 atom stereocenters. The molecule has 2 aromatic carbocycles. The van der Waals surface area contributed by atoms with Crippen molar-refractivity contribution < 1.29 is 12.8 Å². The highest BCUT2D eigenvalue weighted by Gasteiger charge is 2.52. The third-order valence-electron chi connectivity index (χ3n) is 7.57. The molecule has 0 saturated carbocycles. The van der Waals surface area contributed by atoms with Gasteiger partial charge in [0.25, 0.3) is 0 Å². The van der Waals surface area contributed by atoms with E-state index in [0.29, 0.717) is 30.8 Å². The van der Waals surface area contributed by atoms with Crippen LogP contribution in [0.25, 0.3) is 6.08 Å². The number of aromatic nitrogens is 2. The fourth-order valence-corrected chi connectivity index (χ4v) is 7.43. The Morgan fingerprint density at radius 2 is 1.83 bits per heavy atom. The molecule has 3 aromatic rings. The van der Waals surface area contributed by atoms with Gasteiger partial charge in [-0.15, -0.1) is 0 Å². The molecule has 6 nitrogen and oxygen atoms in total. The molecule has 1 aromatic heterocycles. The summed E-state index contributed by atoms with van der Waals surface area (Å²) < 4.78 is 43.0. The van der Waals surface area contributed by atoms with Crippen LogP contribution in [0, 0.1) is 11.2 Å². The fourth-order valence-electron chi connectivity index (χ4n) is 5.89. The quantitative estimate of drug-likeness (QED) is 0.519. The summed E-state index contributed by atoms with van der Waals surface area (Å²) in [5.74, 6) is -0.280. The minimum atomic E-state index is -3.67. The third-order valence-corrected chi connectivity index (χ3v) is 9.43. The van der Waals surface area contributed by atoms with Crippen molar-refractivity contribution in [3.05, 3.63) is 89.0 Å².